The van der Waals surface area contributed by atoms with Crippen molar-refractivity contribution in [3.8, 4) is 0 Å². The molecular formula is C13H24INO. The molecule has 1 aliphatic carbocycles. The molecular weight excluding hydrogens is 313 g/mol. The summed E-state index contributed by atoms with van der Waals surface area (Å²) in [5, 5.41) is 3.10. The molecule has 0 aromatic rings. The van der Waals surface area contributed by atoms with Crippen molar-refractivity contribution in [3.05, 3.63) is 0 Å². The number of carbonyl (C=O) groups is 1. The number of carbonyl (C=O) groups excluding carboxylic acids is 1. The molecule has 1 rings (SSSR count). The molecule has 1 aliphatic rings. The van der Waals surface area contributed by atoms with Crippen molar-refractivity contribution < 1.29 is 4.79 Å². The van der Waals surface area contributed by atoms with Gasteiger partial charge in [-0.1, -0.05) is 49.3 Å². The van der Waals surface area contributed by atoms with Crippen molar-refractivity contribution in [2.75, 3.05) is 11.0 Å². The van der Waals surface area contributed by atoms with Gasteiger partial charge in [-0.05, 0) is 35.5 Å². The van der Waals surface area contributed by atoms with Crippen LogP contribution in [0.2, 0.25) is 0 Å². The minimum absolute atomic E-state index is 0.215. The molecule has 1 fully saturated rings. The molecule has 1 unspecified atom stereocenters. The number of nitrogens with one attached hydrogen (secondary N) is 1. The van der Waals surface area contributed by atoms with E-state index in [2.05, 4.69) is 41.8 Å². The van der Waals surface area contributed by atoms with Gasteiger partial charge >= 0.3 is 0 Å². The topological polar surface area (TPSA) is 29.1 Å². The minimum atomic E-state index is 0.215. The molecule has 94 valence electrons. The fraction of sp³-hybridized carbons (Fsp3) is 0.923. The lowest BCUT2D eigenvalue weighted by atomic mass is 9.81. The summed E-state index contributed by atoms with van der Waals surface area (Å²) in [5.74, 6) is 0.536. The van der Waals surface area contributed by atoms with E-state index in [4.69, 9.17) is 0 Å². The molecule has 3 heteroatoms. The van der Waals surface area contributed by atoms with Gasteiger partial charge in [0.1, 0.15) is 0 Å². The Bertz CT molecular complexity index is 228. The third-order valence-electron chi connectivity index (χ3n) is 3.68. The van der Waals surface area contributed by atoms with Crippen LogP contribution in [-0.4, -0.2) is 16.9 Å². The van der Waals surface area contributed by atoms with Crippen LogP contribution >= 0.6 is 22.6 Å². The van der Waals surface area contributed by atoms with Crippen molar-refractivity contribution in [1.82, 2.24) is 5.32 Å². The molecule has 1 amide bonds. The van der Waals surface area contributed by atoms with Crippen LogP contribution in [0.3, 0.4) is 0 Å². The van der Waals surface area contributed by atoms with E-state index in [1.54, 1.807) is 0 Å². The maximum Gasteiger partial charge on any atom is 0.223 e. The summed E-state index contributed by atoms with van der Waals surface area (Å²) in [6.07, 6.45) is 7.11. The van der Waals surface area contributed by atoms with Gasteiger partial charge in [0.2, 0.25) is 5.91 Å². The lowest BCUT2D eigenvalue weighted by Gasteiger charge is -2.25. The maximum atomic E-state index is 12.0. The van der Waals surface area contributed by atoms with Gasteiger partial charge in [0, 0.05) is 12.5 Å². The van der Waals surface area contributed by atoms with Gasteiger partial charge in [-0.2, -0.15) is 0 Å². The first-order valence-electron chi connectivity index (χ1n) is 6.41. The molecule has 0 bridgehead atoms. The van der Waals surface area contributed by atoms with E-state index in [0.29, 0.717) is 0 Å². The number of rotatable bonds is 6. The molecule has 0 aromatic carbocycles. The Labute approximate surface area is 113 Å². The van der Waals surface area contributed by atoms with E-state index < -0.39 is 0 Å². The number of unbranched alkanes of at least 4 members (excludes halogenated alkanes) is 2. The molecule has 0 radical (unpaired) electrons. The monoisotopic (exact) mass is 337 g/mol. The number of amides is 1. The number of hydrogen-bond donors (Lipinski definition) is 1. The smallest absolute Gasteiger partial charge is 0.223 e. The minimum Gasteiger partial charge on any atom is -0.356 e. The second-order valence-electron chi connectivity index (χ2n) is 5.47. The normalized spacial score (nSPS) is 23.3. The van der Waals surface area contributed by atoms with Crippen LogP contribution in [0.5, 0.6) is 0 Å². The first kappa shape index (κ1) is 14.3. The highest BCUT2D eigenvalue weighted by Crippen LogP contribution is 2.42. The van der Waals surface area contributed by atoms with Crippen molar-refractivity contribution in [3.63, 3.8) is 0 Å². The summed E-state index contributed by atoms with van der Waals surface area (Å²) in [5.41, 5.74) is 0.215. The summed E-state index contributed by atoms with van der Waals surface area (Å²) in [6.45, 7) is 5.31. The summed E-state index contributed by atoms with van der Waals surface area (Å²) in [6, 6.07) is 0. The third kappa shape index (κ3) is 4.22. The van der Waals surface area contributed by atoms with Crippen LogP contribution in [0.25, 0.3) is 0 Å². The Hall–Kier alpha value is 0.200. The zero-order valence-electron chi connectivity index (χ0n) is 10.5. The molecule has 1 N–H and O–H groups in total. The van der Waals surface area contributed by atoms with Gasteiger partial charge in [0.15, 0.2) is 0 Å². The van der Waals surface area contributed by atoms with E-state index in [-0.39, 0.29) is 17.2 Å². The summed E-state index contributed by atoms with van der Waals surface area (Å²) in [7, 11) is 0. The molecule has 16 heavy (non-hydrogen) atoms. The lowest BCUT2D eigenvalue weighted by Crippen LogP contribution is -2.36. The molecule has 0 heterocycles. The third-order valence-corrected chi connectivity index (χ3v) is 4.45. The van der Waals surface area contributed by atoms with E-state index in [0.717, 1.165) is 19.4 Å². The Morgan fingerprint density at radius 1 is 1.38 bits per heavy atom. The van der Waals surface area contributed by atoms with E-state index in [1.807, 2.05) is 0 Å². The van der Waals surface area contributed by atoms with Gasteiger partial charge in [-0.3, -0.25) is 4.79 Å². The zero-order valence-corrected chi connectivity index (χ0v) is 12.7. The summed E-state index contributed by atoms with van der Waals surface area (Å²) >= 11 is 2.40. The highest BCUT2D eigenvalue weighted by Gasteiger charge is 2.38. The van der Waals surface area contributed by atoms with Gasteiger partial charge in [-0.25, -0.2) is 0 Å². The van der Waals surface area contributed by atoms with Crippen LogP contribution in [0.4, 0.5) is 0 Å². The molecule has 0 spiro atoms. The van der Waals surface area contributed by atoms with Gasteiger partial charge in [0.05, 0.1) is 0 Å². The van der Waals surface area contributed by atoms with Crippen LogP contribution < -0.4 is 5.32 Å². The van der Waals surface area contributed by atoms with Crippen LogP contribution in [0.15, 0.2) is 0 Å². The van der Waals surface area contributed by atoms with Crippen LogP contribution in [0.1, 0.15) is 52.4 Å². The largest absolute Gasteiger partial charge is 0.356 e. The molecule has 0 aliphatic heterocycles. The lowest BCUT2D eigenvalue weighted by molar-refractivity contribution is -0.127. The Morgan fingerprint density at radius 2 is 2.12 bits per heavy atom. The van der Waals surface area contributed by atoms with E-state index in [1.165, 1.54) is 30.1 Å². The molecule has 1 atom stereocenters. The fourth-order valence-electron chi connectivity index (χ4n) is 2.54. The van der Waals surface area contributed by atoms with Crippen molar-refractivity contribution in [2.45, 2.75) is 52.4 Å². The predicted octanol–water partition coefficient (Wildman–Crippen LogP) is 3.53. The number of alkyl halides is 1. The molecule has 1 saturated carbocycles. The standard InChI is InChI=1S/C13H24INO/c1-13(2)8-6-7-11(13)12(16)15-10-5-3-4-9-14/h11H,3-10H2,1-2H3,(H,15,16). The fourth-order valence-corrected chi connectivity index (χ4v) is 3.08. The van der Waals surface area contributed by atoms with Crippen LogP contribution in [-0.2, 0) is 4.79 Å². The highest BCUT2D eigenvalue weighted by molar-refractivity contribution is 14.1. The number of hydrogen-bond acceptors (Lipinski definition) is 1. The van der Waals surface area contributed by atoms with Crippen molar-refractivity contribution >= 4 is 28.5 Å². The van der Waals surface area contributed by atoms with Crippen molar-refractivity contribution in [1.29, 1.82) is 0 Å². The molecule has 0 aromatic heterocycles. The van der Waals surface area contributed by atoms with Gasteiger partial charge < -0.3 is 5.32 Å². The quantitative estimate of drug-likeness (QED) is 0.448. The summed E-state index contributed by atoms with van der Waals surface area (Å²) in [4.78, 5) is 12.0. The first-order chi connectivity index (χ1) is 7.58. The zero-order chi connectivity index (χ0) is 12.0. The number of halogens is 1. The van der Waals surface area contributed by atoms with Gasteiger partial charge in [0.25, 0.3) is 0 Å². The Morgan fingerprint density at radius 3 is 2.69 bits per heavy atom. The van der Waals surface area contributed by atoms with Crippen molar-refractivity contribution in [2.24, 2.45) is 11.3 Å². The molecule has 0 saturated heterocycles. The Balaban J connectivity index is 2.20. The van der Waals surface area contributed by atoms with Gasteiger partial charge in [-0.15, -0.1) is 0 Å². The summed E-state index contributed by atoms with van der Waals surface area (Å²) < 4.78 is 1.22. The Kier molecular flexibility index (Phi) is 6.08. The van der Waals surface area contributed by atoms with E-state index >= 15 is 0 Å². The van der Waals surface area contributed by atoms with Crippen LogP contribution in [0, 0.1) is 11.3 Å². The second-order valence-corrected chi connectivity index (χ2v) is 6.55. The SMILES string of the molecule is CC1(C)CCCC1C(=O)NCCCCCI. The predicted molar refractivity (Wildman–Crippen MR) is 76.9 cm³/mol. The second kappa shape index (κ2) is 6.82. The average molecular weight is 337 g/mol. The van der Waals surface area contributed by atoms with E-state index in [9.17, 15) is 4.79 Å². The highest BCUT2D eigenvalue weighted by atomic mass is 127. The maximum absolute atomic E-state index is 12.0. The average Bonchev–Trinajstić information content (AvgIpc) is 2.57. The first-order valence-corrected chi connectivity index (χ1v) is 7.94. The molecule has 2 nitrogen and oxygen atoms in total.